The molecule has 3 rings (SSSR count). The molecule has 1 unspecified atom stereocenters. The molecule has 0 radical (unpaired) electrons. The van der Waals surface area contributed by atoms with Gasteiger partial charge in [0.15, 0.2) is 5.65 Å². The molecule has 124 valence electrons. The lowest BCUT2D eigenvalue weighted by molar-refractivity contribution is 0.0946. The van der Waals surface area contributed by atoms with Crippen molar-refractivity contribution in [1.82, 2.24) is 25.4 Å². The highest BCUT2D eigenvalue weighted by molar-refractivity contribution is 6.05. The average molecular weight is 315 g/mol. The Bertz CT molecular complexity index is 700. The summed E-state index contributed by atoms with van der Waals surface area (Å²) < 4.78 is 1.87. The molecular formula is C17H25N5O. The topological polar surface area (TPSA) is 71.8 Å². The van der Waals surface area contributed by atoms with Gasteiger partial charge in [-0.15, -0.1) is 0 Å². The van der Waals surface area contributed by atoms with Crippen LogP contribution in [-0.2, 0) is 0 Å². The zero-order valence-electron chi connectivity index (χ0n) is 14.1. The van der Waals surface area contributed by atoms with Crippen molar-refractivity contribution >= 4 is 16.9 Å². The van der Waals surface area contributed by atoms with Crippen molar-refractivity contribution in [3.05, 3.63) is 23.5 Å². The predicted molar refractivity (Wildman–Crippen MR) is 90.6 cm³/mol. The first-order chi connectivity index (χ1) is 11.1. The van der Waals surface area contributed by atoms with Gasteiger partial charge in [0.1, 0.15) is 0 Å². The minimum absolute atomic E-state index is 0.0330. The summed E-state index contributed by atoms with van der Waals surface area (Å²) in [5.41, 5.74) is 2.29. The van der Waals surface area contributed by atoms with Gasteiger partial charge >= 0.3 is 0 Å². The average Bonchev–Trinajstić information content (AvgIpc) is 2.96. The van der Waals surface area contributed by atoms with Gasteiger partial charge in [0.2, 0.25) is 0 Å². The molecule has 0 aliphatic carbocycles. The molecule has 0 aromatic carbocycles. The van der Waals surface area contributed by atoms with Crippen LogP contribution < -0.4 is 10.6 Å². The summed E-state index contributed by atoms with van der Waals surface area (Å²) in [7, 11) is 0. The summed E-state index contributed by atoms with van der Waals surface area (Å²) in [5.74, 6) is 0.485. The zero-order chi connectivity index (χ0) is 16.4. The fourth-order valence-electron chi connectivity index (χ4n) is 3.14. The third kappa shape index (κ3) is 3.37. The molecule has 0 saturated carbocycles. The fraction of sp³-hybridized carbons (Fsp3) is 0.588. The highest BCUT2D eigenvalue weighted by Crippen LogP contribution is 2.21. The van der Waals surface area contributed by atoms with Gasteiger partial charge in [-0.05, 0) is 58.7 Å². The summed E-state index contributed by atoms with van der Waals surface area (Å²) >= 11 is 0. The van der Waals surface area contributed by atoms with Crippen LogP contribution in [0.2, 0.25) is 0 Å². The Hall–Kier alpha value is -1.95. The molecule has 2 N–H and O–H groups in total. The SMILES string of the molecule is Cc1cc(C(=O)NCC2CCCNC2)c2cnn(C(C)C)c2n1. The quantitative estimate of drug-likeness (QED) is 0.906. The zero-order valence-corrected chi connectivity index (χ0v) is 14.1. The Kier molecular flexibility index (Phi) is 4.61. The summed E-state index contributed by atoms with van der Waals surface area (Å²) in [6.45, 7) is 8.82. The van der Waals surface area contributed by atoms with E-state index in [1.807, 2.05) is 17.7 Å². The maximum absolute atomic E-state index is 12.6. The van der Waals surface area contributed by atoms with E-state index in [9.17, 15) is 4.79 Å². The second kappa shape index (κ2) is 6.66. The van der Waals surface area contributed by atoms with Gasteiger partial charge in [0.05, 0.1) is 17.1 Å². The number of piperidine rings is 1. The molecule has 1 aliphatic rings. The molecular weight excluding hydrogens is 290 g/mol. The predicted octanol–water partition coefficient (Wildman–Crippen LogP) is 2.05. The van der Waals surface area contributed by atoms with Gasteiger partial charge in [-0.3, -0.25) is 4.79 Å². The Morgan fingerprint density at radius 1 is 1.52 bits per heavy atom. The molecule has 1 atom stereocenters. The summed E-state index contributed by atoms with van der Waals surface area (Å²) in [6, 6.07) is 2.06. The molecule has 23 heavy (non-hydrogen) atoms. The Balaban J connectivity index is 1.82. The normalized spacial score (nSPS) is 18.5. The largest absolute Gasteiger partial charge is 0.352 e. The van der Waals surface area contributed by atoms with E-state index in [-0.39, 0.29) is 11.9 Å². The van der Waals surface area contributed by atoms with Gasteiger partial charge in [0, 0.05) is 18.3 Å². The molecule has 2 aromatic heterocycles. The first-order valence-electron chi connectivity index (χ1n) is 8.40. The van der Waals surface area contributed by atoms with E-state index in [0.29, 0.717) is 18.0 Å². The van der Waals surface area contributed by atoms with Crippen molar-refractivity contribution in [3.8, 4) is 0 Å². The van der Waals surface area contributed by atoms with Gasteiger partial charge in [0.25, 0.3) is 5.91 Å². The van der Waals surface area contributed by atoms with Crippen LogP contribution in [-0.4, -0.2) is 40.3 Å². The summed E-state index contributed by atoms with van der Waals surface area (Å²) in [4.78, 5) is 17.2. The van der Waals surface area contributed by atoms with Crippen molar-refractivity contribution < 1.29 is 4.79 Å². The highest BCUT2D eigenvalue weighted by Gasteiger charge is 2.18. The van der Waals surface area contributed by atoms with Crippen LogP contribution in [0, 0.1) is 12.8 Å². The lowest BCUT2D eigenvalue weighted by Gasteiger charge is -2.22. The number of rotatable bonds is 4. The molecule has 3 heterocycles. The van der Waals surface area contributed by atoms with Gasteiger partial charge in [-0.2, -0.15) is 5.10 Å². The number of carbonyl (C=O) groups is 1. The number of aryl methyl sites for hydroxylation is 1. The van der Waals surface area contributed by atoms with Crippen LogP contribution in [0.5, 0.6) is 0 Å². The molecule has 1 fully saturated rings. The Morgan fingerprint density at radius 3 is 3.04 bits per heavy atom. The van der Waals surface area contributed by atoms with Crippen LogP contribution in [0.3, 0.4) is 0 Å². The number of aromatic nitrogens is 3. The second-order valence-corrected chi connectivity index (χ2v) is 6.65. The van der Waals surface area contributed by atoms with Crippen molar-refractivity contribution in [3.63, 3.8) is 0 Å². The van der Waals surface area contributed by atoms with Gasteiger partial charge < -0.3 is 10.6 Å². The maximum atomic E-state index is 12.6. The molecule has 0 spiro atoms. The van der Waals surface area contributed by atoms with E-state index in [1.54, 1.807) is 6.20 Å². The number of nitrogens with one attached hydrogen (secondary N) is 2. The Morgan fingerprint density at radius 2 is 2.35 bits per heavy atom. The summed E-state index contributed by atoms with van der Waals surface area (Å²) in [6.07, 6.45) is 4.10. The van der Waals surface area contributed by atoms with Crippen LogP contribution >= 0.6 is 0 Å². The second-order valence-electron chi connectivity index (χ2n) is 6.65. The third-order valence-corrected chi connectivity index (χ3v) is 4.38. The number of pyridine rings is 1. The molecule has 6 nitrogen and oxygen atoms in total. The van der Waals surface area contributed by atoms with Gasteiger partial charge in [-0.1, -0.05) is 0 Å². The first kappa shape index (κ1) is 15.9. The van der Waals surface area contributed by atoms with Gasteiger partial charge in [-0.25, -0.2) is 9.67 Å². The Labute approximate surface area is 136 Å². The highest BCUT2D eigenvalue weighted by atomic mass is 16.1. The lowest BCUT2D eigenvalue weighted by Crippen LogP contribution is -2.38. The van der Waals surface area contributed by atoms with E-state index in [4.69, 9.17) is 0 Å². The van der Waals surface area contributed by atoms with E-state index >= 15 is 0 Å². The van der Waals surface area contributed by atoms with Crippen LogP contribution in [0.4, 0.5) is 0 Å². The molecule has 6 heteroatoms. The minimum atomic E-state index is -0.0330. The van der Waals surface area contributed by atoms with Crippen LogP contribution in [0.15, 0.2) is 12.3 Å². The molecule has 1 amide bonds. The number of nitrogens with zero attached hydrogens (tertiary/aromatic N) is 3. The number of hydrogen-bond acceptors (Lipinski definition) is 4. The van der Waals surface area contributed by atoms with E-state index in [1.165, 1.54) is 12.8 Å². The molecule has 0 bridgehead atoms. The van der Waals surface area contributed by atoms with Crippen LogP contribution in [0.25, 0.3) is 11.0 Å². The summed E-state index contributed by atoms with van der Waals surface area (Å²) in [5, 5.41) is 11.7. The number of carbonyl (C=O) groups excluding carboxylic acids is 1. The van der Waals surface area contributed by atoms with Crippen molar-refractivity contribution in [2.75, 3.05) is 19.6 Å². The minimum Gasteiger partial charge on any atom is -0.352 e. The smallest absolute Gasteiger partial charge is 0.252 e. The maximum Gasteiger partial charge on any atom is 0.252 e. The molecule has 1 aliphatic heterocycles. The number of hydrogen-bond donors (Lipinski definition) is 2. The van der Waals surface area contributed by atoms with Crippen molar-refractivity contribution in [2.45, 2.75) is 39.7 Å². The number of fused-ring (bicyclic) bond motifs is 1. The molecule has 1 saturated heterocycles. The van der Waals surface area contributed by atoms with E-state index in [0.717, 1.165) is 29.8 Å². The lowest BCUT2D eigenvalue weighted by atomic mass is 9.99. The van der Waals surface area contributed by atoms with Crippen molar-refractivity contribution in [1.29, 1.82) is 0 Å². The number of amides is 1. The van der Waals surface area contributed by atoms with E-state index in [2.05, 4.69) is 34.6 Å². The fourth-order valence-corrected chi connectivity index (χ4v) is 3.14. The first-order valence-corrected chi connectivity index (χ1v) is 8.40. The molecule has 2 aromatic rings. The van der Waals surface area contributed by atoms with Crippen LogP contribution in [0.1, 0.15) is 48.8 Å². The van der Waals surface area contributed by atoms with E-state index < -0.39 is 0 Å². The monoisotopic (exact) mass is 315 g/mol. The van der Waals surface area contributed by atoms with Crippen molar-refractivity contribution in [2.24, 2.45) is 5.92 Å². The third-order valence-electron chi connectivity index (χ3n) is 4.38. The standard InChI is InChI=1S/C17H25N5O/c1-11(2)22-16-15(10-20-22)14(7-12(3)21-16)17(23)19-9-13-5-4-6-18-8-13/h7,10-11,13,18H,4-6,8-9H2,1-3H3,(H,19,23).